The van der Waals surface area contributed by atoms with Crippen molar-refractivity contribution in [1.82, 2.24) is 5.32 Å². The number of benzene rings is 3. The summed E-state index contributed by atoms with van der Waals surface area (Å²) >= 11 is 0. The second-order valence-electron chi connectivity index (χ2n) is 8.67. The number of carbonyl (C=O) groups excluding carboxylic acids is 3. The molecule has 36 heavy (non-hydrogen) atoms. The van der Waals surface area contributed by atoms with Crippen LogP contribution in [0.25, 0.3) is 0 Å². The monoisotopic (exact) mass is 486 g/mol. The van der Waals surface area contributed by atoms with E-state index in [1.54, 1.807) is 30.3 Å². The molecular formula is C29H34N4O3. The lowest BCUT2D eigenvalue weighted by atomic mass is 10.1. The lowest BCUT2D eigenvalue weighted by Crippen LogP contribution is -2.27. The Labute approximate surface area is 212 Å². The molecule has 3 aromatic rings. The molecule has 0 spiro atoms. The van der Waals surface area contributed by atoms with E-state index < -0.39 is 0 Å². The Morgan fingerprint density at radius 2 is 1.42 bits per heavy atom. The van der Waals surface area contributed by atoms with E-state index in [0.717, 1.165) is 30.5 Å². The predicted molar refractivity (Wildman–Crippen MR) is 145 cm³/mol. The zero-order valence-corrected chi connectivity index (χ0v) is 20.8. The molecule has 3 rings (SSSR count). The Kier molecular flexibility index (Phi) is 10.1. The lowest BCUT2D eigenvalue weighted by Gasteiger charge is -2.15. The largest absolute Gasteiger partial charge is 0.376 e. The Bertz CT molecular complexity index is 1160. The topological polar surface area (TPSA) is 99.3 Å². The molecule has 1 atom stereocenters. The number of anilines is 3. The molecule has 0 saturated carbocycles. The van der Waals surface area contributed by atoms with Crippen molar-refractivity contribution in [2.75, 3.05) is 22.5 Å². The molecule has 0 aromatic heterocycles. The van der Waals surface area contributed by atoms with E-state index in [1.165, 1.54) is 0 Å². The number of nitrogens with one attached hydrogen (secondary N) is 4. The van der Waals surface area contributed by atoms with Crippen molar-refractivity contribution in [3.63, 3.8) is 0 Å². The van der Waals surface area contributed by atoms with Crippen LogP contribution in [0, 0.1) is 0 Å². The zero-order valence-electron chi connectivity index (χ0n) is 20.8. The maximum absolute atomic E-state index is 12.7. The molecular weight excluding hydrogens is 452 g/mol. The van der Waals surface area contributed by atoms with E-state index in [-0.39, 0.29) is 30.3 Å². The fourth-order valence-electron chi connectivity index (χ4n) is 3.70. The lowest BCUT2D eigenvalue weighted by molar-refractivity contribution is -0.116. The first-order valence-electron chi connectivity index (χ1n) is 12.3. The molecule has 0 fully saturated rings. The van der Waals surface area contributed by atoms with Crippen LogP contribution in [0.5, 0.6) is 0 Å². The van der Waals surface area contributed by atoms with Crippen molar-refractivity contribution < 1.29 is 14.4 Å². The van der Waals surface area contributed by atoms with Gasteiger partial charge in [-0.25, -0.2) is 0 Å². The van der Waals surface area contributed by atoms with Crippen LogP contribution in [0.2, 0.25) is 0 Å². The van der Waals surface area contributed by atoms with Crippen molar-refractivity contribution >= 4 is 34.8 Å². The van der Waals surface area contributed by atoms with Gasteiger partial charge in [0.2, 0.25) is 11.8 Å². The summed E-state index contributed by atoms with van der Waals surface area (Å²) in [6, 6.07) is 23.7. The summed E-state index contributed by atoms with van der Waals surface area (Å²) in [5.74, 6) is -0.478. The molecule has 0 bridgehead atoms. The smallest absolute Gasteiger partial charge is 0.251 e. The van der Waals surface area contributed by atoms with Crippen LogP contribution in [0.1, 0.15) is 61.5 Å². The summed E-state index contributed by atoms with van der Waals surface area (Å²) < 4.78 is 0. The summed E-state index contributed by atoms with van der Waals surface area (Å²) in [6.07, 6.45) is 3.47. The molecule has 0 aliphatic heterocycles. The molecule has 0 aliphatic rings. The minimum Gasteiger partial charge on any atom is -0.376 e. The molecule has 0 saturated heterocycles. The molecule has 188 valence electrons. The van der Waals surface area contributed by atoms with Gasteiger partial charge in [-0.05, 0) is 55.3 Å². The summed E-state index contributed by atoms with van der Waals surface area (Å²) in [7, 11) is 0. The second-order valence-corrected chi connectivity index (χ2v) is 8.67. The fraction of sp³-hybridized carbons (Fsp3) is 0.276. The van der Waals surface area contributed by atoms with Gasteiger partial charge in [-0.1, -0.05) is 62.2 Å². The molecule has 3 amide bonds. The van der Waals surface area contributed by atoms with Crippen LogP contribution in [0.15, 0.2) is 78.9 Å². The SMILES string of the molecule is CCCCCC(=O)Nc1cccc(NCC(=O)Nc2cccc(C(=O)NC(C)c3ccccc3)c2)c1. The van der Waals surface area contributed by atoms with Crippen molar-refractivity contribution in [2.45, 2.75) is 45.6 Å². The molecule has 0 heterocycles. The average Bonchev–Trinajstić information content (AvgIpc) is 2.88. The first-order chi connectivity index (χ1) is 17.4. The summed E-state index contributed by atoms with van der Waals surface area (Å²) in [6.45, 7) is 4.07. The van der Waals surface area contributed by atoms with Gasteiger partial charge in [-0.3, -0.25) is 14.4 Å². The van der Waals surface area contributed by atoms with Gasteiger partial charge in [0.1, 0.15) is 0 Å². The average molecular weight is 487 g/mol. The van der Waals surface area contributed by atoms with E-state index in [2.05, 4.69) is 28.2 Å². The molecule has 1 unspecified atom stereocenters. The van der Waals surface area contributed by atoms with Gasteiger partial charge >= 0.3 is 0 Å². The standard InChI is InChI=1S/C29H34N4O3/c1-3-4-6-17-27(34)32-26-16-10-14-24(19-26)30-20-28(35)33-25-15-9-13-23(18-25)29(36)31-21(2)22-11-7-5-8-12-22/h5,7-16,18-19,21,30H,3-4,6,17,20H2,1-2H3,(H,31,36)(H,32,34)(H,33,35). The van der Waals surface area contributed by atoms with Crippen molar-refractivity contribution in [1.29, 1.82) is 0 Å². The van der Waals surface area contributed by atoms with E-state index in [4.69, 9.17) is 0 Å². The summed E-state index contributed by atoms with van der Waals surface area (Å²) in [4.78, 5) is 37.2. The number of hydrogen-bond acceptors (Lipinski definition) is 4. The van der Waals surface area contributed by atoms with E-state index >= 15 is 0 Å². The Hall–Kier alpha value is -4.13. The third kappa shape index (κ3) is 8.58. The molecule has 7 heteroatoms. The number of unbranched alkanes of at least 4 members (excludes halogenated alkanes) is 2. The first kappa shape index (κ1) is 26.5. The summed E-state index contributed by atoms with van der Waals surface area (Å²) in [5.41, 5.74) is 3.42. The van der Waals surface area contributed by atoms with E-state index in [0.29, 0.717) is 23.4 Å². The molecule has 7 nitrogen and oxygen atoms in total. The van der Waals surface area contributed by atoms with Crippen LogP contribution in [-0.2, 0) is 9.59 Å². The van der Waals surface area contributed by atoms with Gasteiger partial charge < -0.3 is 21.3 Å². The number of hydrogen-bond donors (Lipinski definition) is 4. The van der Waals surface area contributed by atoms with Gasteiger partial charge in [0.25, 0.3) is 5.91 Å². The fourth-order valence-corrected chi connectivity index (χ4v) is 3.70. The second kappa shape index (κ2) is 13.7. The number of amides is 3. The highest BCUT2D eigenvalue weighted by Crippen LogP contribution is 2.17. The number of rotatable bonds is 12. The van der Waals surface area contributed by atoms with Crippen LogP contribution < -0.4 is 21.3 Å². The quantitative estimate of drug-likeness (QED) is 0.245. The van der Waals surface area contributed by atoms with Crippen molar-refractivity contribution in [3.8, 4) is 0 Å². The third-order valence-corrected chi connectivity index (χ3v) is 5.66. The van der Waals surface area contributed by atoms with Gasteiger partial charge in [0.15, 0.2) is 0 Å². The molecule has 0 radical (unpaired) electrons. The van der Waals surface area contributed by atoms with Gasteiger partial charge in [0.05, 0.1) is 12.6 Å². The van der Waals surface area contributed by atoms with Gasteiger partial charge in [-0.2, -0.15) is 0 Å². The predicted octanol–water partition coefficient (Wildman–Crippen LogP) is 5.75. The molecule has 4 N–H and O–H groups in total. The van der Waals surface area contributed by atoms with E-state index in [1.807, 2.05) is 55.5 Å². The van der Waals surface area contributed by atoms with Gasteiger partial charge in [-0.15, -0.1) is 0 Å². The van der Waals surface area contributed by atoms with Crippen LogP contribution >= 0.6 is 0 Å². The van der Waals surface area contributed by atoms with Crippen molar-refractivity contribution in [3.05, 3.63) is 90.0 Å². The Morgan fingerprint density at radius 1 is 0.750 bits per heavy atom. The highest BCUT2D eigenvalue weighted by molar-refractivity contribution is 5.98. The van der Waals surface area contributed by atoms with Gasteiger partial charge in [0, 0.05) is 29.0 Å². The molecule has 0 aliphatic carbocycles. The Balaban J connectivity index is 1.50. The van der Waals surface area contributed by atoms with Crippen LogP contribution in [-0.4, -0.2) is 24.3 Å². The number of carbonyl (C=O) groups is 3. The molecule has 3 aromatic carbocycles. The van der Waals surface area contributed by atoms with E-state index in [9.17, 15) is 14.4 Å². The highest BCUT2D eigenvalue weighted by Gasteiger charge is 2.12. The first-order valence-corrected chi connectivity index (χ1v) is 12.3. The van der Waals surface area contributed by atoms with Crippen molar-refractivity contribution in [2.24, 2.45) is 0 Å². The maximum atomic E-state index is 12.7. The summed E-state index contributed by atoms with van der Waals surface area (Å²) in [5, 5.41) is 11.8. The zero-order chi connectivity index (χ0) is 25.8. The van der Waals surface area contributed by atoms with Crippen LogP contribution in [0.3, 0.4) is 0 Å². The minimum absolute atomic E-state index is 0.0135. The minimum atomic E-state index is -0.251. The normalized spacial score (nSPS) is 11.3. The van der Waals surface area contributed by atoms with Crippen LogP contribution in [0.4, 0.5) is 17.1 Å². The highest BCUT2D eigenvalue weighted by atomic mass is 16.2. The third-order valence-electron chi connectivity index (χ3n) is 5.66. The maximum Gasteiger partial charge on any atom is 0.251 e. The Morgan fingerprint density at radius 3 is 2.17 bits per heavy atom.